The maximum atomic E-state index is 13.4. The Morgan fingerprint density at radius 2 is 1.93 bits per heavy atom. The lowest BCUT2D eigenvalue weighted by atomic mass is 9.85. The highest BCUT2D eigenvalue weighted by Gasteiger charge is 2.52. The highest BCUT2D eigenvalue weighted by molar-refractivity contribution is 6.07. The Morgan fingerprint density at radius 3 is 2.61 bits per heavy atom. The second-order valence-corrected chi connectivity index (χ2v) is 6.67. The van der Waals surface area contributed by atoms with Crippen LogP contribution in [-0.2, 0) is 21.6 Å². The standard InChI is InChI=1S/C21H24N2O5/c1-3-5-12-21(15-9-7-6-8-10-15)19(25)23(20(26)22-21)14-17-16(11-13-28-17)18(24)27-4-2/h6-11,13H,3-5,12,14H2,1-2H3,(H,22,26). The zero-order valence-electron chi connectivity index (χ0n) is 16.1. The second-order valence-electron chi connectivity index (χ2n) is 6.67. The molecule has 1 aliphatic rings. The molecule has 3 amide bonds. The van der Waals surface area contributed by atoms with E-state index in [-0.39, 0.29) is 30.4 Å². The van der Waals surface area contributed by atoms with Crippen molar-refractivity contribution in [2.75, 3.05) is 6.61 Å². The molecule has 2 aromatic rings. The van der Waals surface area contributed by atoms with Crippen molar-refractivity contribution in [3.63, 3.8) is 0 Å². The third-order valence-corrected chi connectivity index (χ3v) is 4.89. The van der Waals surface area contributed by atoms with Crippen molar-refractivity contribution in [2.24, 2.45) is 0 Å². The van der Waals surface area contributed by atoms with Crippen LogP contribution < -0.4 is 5.32 Å². The highest BCUT2D eigenvalue weighted by atomic mass is 16.5. The Balaban J connectivity index is 1.90. The number of carbonyl (C=O) groups excluding carboxylic acids is 3. The first-order valence-electron chi connectivity index (χ1n) is 9.46. The minimum atomic E-state index is -1.11. The van der Waals surface area contributed by atoms with Crippen molar-refractivity contribution in [3.8, 4) is 0 Å². The summed E-state index contributed by atoms with van der Waals surface area (Å²) in [5.41, 5.74) is -0.145. The topological polar surface area (TPSA) is 88.8 Å². The molecule has 1 fully saturated rings. The molecule has 1 N–H and O–H groups in total. The lowest BCUT2D eigenvalue weighted by molar-refractivity contribution is -0.132. The van der Waals surface area contributed by atoms with Crippen LogP contribution in [-0.4, -0.2) is 29.4 Å². The van der Waals surface area contributed by atoms with Crippen molar-refractivity contribution < 1.29 is 23.5 Å². The first kappa shape index (κ1) is 19.7. The number of hydrogen-bond acceptors (Lipinski definition) is 5. The lowest BCUT2D eigenvalue weighted by Crippen LogP contribution is -2.44. The highest BCUT2D eigenvalue weighted by Crippen LogP contribution is 2.35. The molecule has 0 bridgehead atoms. The van der Waals surface area contributed by atoms with Crippen LogP contribution in [0.15, 0.2) is 47.1 Å². The quantitative estimate of drug-likeness (QED) is 0.555. The molecule has 7 heteroatoms. The Bertz CT molecular complexity index is 861. The number of urea groups is 1. The fourth-order valence-corrected chi connectivity index (χ4v) is 3.44. The van der Waals surface area contributed by atoms with Crippen molar-refractivity contribution in [3.05, 3.63) is 59.5 Å². The summed E-state index contributed by atoms with van der Waals surface area (Å²) in [5, 5.41) is 2.88. The average Bonchev–Trinajstić information content (AvgIpc) is 3.26. The van der Waals surface area contributed by atoms with E-state index in [1.165, 1.54) is 12.3 Å². The van der Waals surface area contributed by atoms with Gasteiger partial charge in [0.25, 0.3) is 5.91 Å². The molecule has 1 atom stereocenters. The molecule has 28 heavy (non-hydrogen) atoms. The monoisotopic (exact) mass is 384 g/mol. The van der Waals surface area contributed by atoms with E-state index in [0.717, 1.165) is 23.3 Å². The van der Waals surface area contributed by atoms with Crippen LogP contribution in [0.25, 0.3) is 0 Å². The number of rotatable bonds is 8. The van der Waals surface area contributed by atoms with Gasteiger partial charge in [0.05, 0.1) is 19.4 Å². The number of amides is 3. The van der Waals surface area contributed by atoms with Gasteiger partial charge in [0, 0.05) is 0 Å². The summed E-state index contributed by atoms with van der Waals surface area (Å²) in [4.78, 5) is 39.2. The summed E-state index contributed by atoms with van der Waals surface area (Å²) in [5.74, 6) is -0.664. The lowest BCUT2D eigenvalue weighted by Gasteiger charge is -2.27. The number of nitrogens with one attached hydrogen (secondary N) is 1. The van der Waals surface area contributed by atoms with Gasteiger partial charge >= 0.3 is 12.0 Å². The van der Waals surface area contributed by atoms with Crippen LogP contribution in [0.1, 0.15) is 54.8 Å². The van der Waals surface area contributed by atoms with Crippen molar-refractivity contribution in [1.29, 1.82) is 0 Å². The summed E-state index contributed by atoms with van der Waals surface area (Å²) in [6.45, 7) is 3.83. The number of furan rings is 1. The Kier molecular flexibility index (Phi) is 5.82. The molecule has 1 aromatic heterocycles. The number of esters is 1. The van der Waals surface area contributed by atoms with Crippen LogP contribution in [0, 0.1) is 0 Å². The summed E-state index contributed by atoms with van der Waals surface area (Å²) < 4.78 is 10.4. The van der Waals surface area contributed by atoms with Crippen LogP contribution in [0.2, 0.25) is 0 Å². The van der Waals surface area contributed by atoms with Gasteiger partial charge in [0.2, 0.25) is 0 Å². The predicted molar refractivity (Wildman–Crippen MR) is 101 cm³/mol. The SMILES string of the molecule is CCCCC1(c2ccccc2)NC(=O)N(Cc2occc2C(=O)OCC)C1=O. The number of ether oxygens (including phenoxy) is 1. The van der Waals surface area contributed by atoms with Crippen molar-refractivity contribution >= 4 is 17.9 Å². The molecule has 1 aromatic carbocycles. The van der Waals surface area contributed by atoms with E-state index in [1.54, 1.807) is 6.92 Å². The Labute approximate surface area is 163 Å². The molecular weight excluding hydrogens is 360 g/mol. The van der Waals surface area contributed by atoms with Gasteiger partial charge in [-0.1, -0.05) is 50.1 Å². The Morgan fingerprint density at radius 1 is 1.18 bits per heavy atom. The van der Waals surface area contributed by atoms with Gasteiger partial charge in [-0.05, 0) is 25.0 Å². The van der Waals surface area contributed by atoms with E-state index >= 15 is 0 Å². The molecule has 1 aliphatic heterocycles. The average molecular weight is 384 g/mol. The second kappa shape index (κ2) is 8.29. The maximum absolute atomic E-state index is 13.4. The third kappa shape index (κ3) is 3.52. The van der Waals surface area contributed by atoms with Gasteiger partial charge in [-0.2, -0.15) is 0 Å². The molecule has 0 saturated carbocycles. The van der Waals surface area contributed by atoms with E-state index in [4.69, 9.17) is 9.15 Å². The minimum Gasteiger partial charge on any atom is -0.467 e. The van der Waals surface area contributed by atoms with E-state index in [0.29, 0.717) is 6.42 Å². The molecule has 7 nitrogen and oxygen atoms in total. The van der Waals surface area contributed by atoms with E-state index in [2.05, 4.69) is 5.32 Å². The normalized spacial score (nSPS) is 19.0. The molecule has 1 unspecified atom stereocenters. The maximum Gasteiger partial charge on any atom is 0.341 e. The Hall–Kier alpha value is -3.09. The summed E-state index contributed by atoms with van der Waals surface area (Å²) in [7, 11) is 0. The zero-order chi connectivity index (χ0) is 20.1. The van der Waals surface area contributed by atoms with E-state index in [1.807, 2.05) is 37.3 Å². The molecular formula is C21H24N2O5. The molecule has 0 aliphatic carbocycles. The van der Waals surface area contributed by atoms with Crippen LogP contribution in [0.3, 0.4) is 0 Å². The number of unbranched alkanes of at least 4 members (excludes halogenated alkanes) is 1. The van der Waals surface area contributed by atoms with Crippen LogP contribution in [0.4, 0.5) is 4.79 Å². The van der Waals surface area contributed by atoms with Crippen LogP contribution >= 0.6 is 0 Å². The number of hydrogen-bond donors (Lipinski definition) is 1. The molecule has 3 rings (SSSR count). The largest absolute Gasteiger partial charge is 0.467 e. The molecule has 2 heterocycles. The summed E-state index contributed by atoms with van der Waals surface area (Å²) in [6, 6.07) is 10.2. The van der Waals surface area contributed by atoms with Gasteiger partial charge in [-0.25, -0.2) is 9.59 Å². The fourth-order valence-electron chi connectivity index (χ4n) is 3.44. The number of benzene rings is 1. The first-order valence-corrected chi connectivity index (χ1v) is 9.46. The minimum absolute atomic E-state index is 0.132. The van der Waals surface area contributed by atoms with Crippen molar-refractivity contribution in [2.45, 2.75) is 45.2 Å². The van der Waals surface area contributed by atoms with Gasteiger partial charge in [-0.15, -0.1) is 0 Å². The molecule has 0 spiro atoms. The summed E-state index contributed by atoms with van der Waals surface area (Å²) >= 11 is 0. The molecule has 0 radical (unpaired) electrons. The van der Waals surface area contributed by atoms with E-state index in [9.17, 15) is 14.4 Å². The van der Waals surface area contributed by atoms with Gasteiger partial charge in [0.1, 0.15) is 16.9 Å². The smallest absolute Gasteiger partial charge is 0.341 e. The van der Waals surface area contributed by atoms with Crippen LogP contribution in [0.5, 0.6) is 0 Å². The number of carbonyl (C=O) groups is 3. The fraction of sp³-hybridized carbons (Fsp3) is 0.381. The van der Waals surface area contributed by atoms with Crippen molar-refractivity contribution in [1.82, 2.24) is 10.2 Å². The third-order valence-electron chi connectivity index (χ3n) is 4.89. The number of nitrogens with zero attached hydrogens (tertiary/aromatic N) is 1. The van der Waals surface area contributed by atoms with Gasteiger partial charge in [-0.3, -0.25) is 9.69 Å². The van der Waals surface area contributed by atoms with Gasteiger partial charge in [0.15, 0.2) is 0 Å². The van der Waals surface area contributed by atoms with Gasteiger partial charge < -0.3 is 14.5 Å². The molecule has 1 saturated heterocycles. The first-order chi connectivity index (χ1) is 13.5. The molecule has 148 valence electrons. The van der Waals surface area contributed by atoms with E-state index < -0.39 is 17.5 Å². The summed E-state index contributed by atoms with van der Waals surface area (Å²) in [6.07, 6.45) is 3.52. The predicted octanol–water partition coefficient (Wildman–Crippen LogP) is 3.59. The number of imide groups is 1. The zero-order valence-corrected chi connectivity index (χ0v) is 16.1.